The molecule has 0 aliphatic heterocycles. The van der Waals surface area contributed by atoms with Gasteiger partial charge in [0, 0.05) is 5.39 Å². The number of aliphatic hydroxyl groups excluding tert-OH is 1. The molecule has 86 valence electrons. The number of hydrogen-bond acceptors (Lipinski definition) is 4. The molecule has 1 aromatic carbocycles. The molecule has 4 heteroatoms. The first kappa shape index (κ1) is 11.0. The van der Waals surface area contributed by atoms with E-state index in [1.165, 1.54) is 0 Å². The molecule has 0 atom stereocenters. The van der Waals surface area contributed by atoms with Crippen molar-refractivity contribution in [1.82, 2.24) is 5.16 Å². The molecule has 2 aromatic rings. The fraction of sp³-hybridized carbons (Fsp3) is 0.417. The molecule has 0 bridgehead atoms. The molecule has 0 amide bonds. The number of aromatic nitrogens is 1. The number of nitrogens with zero attached hydrogens (tertiary/aromatic N) is 1. The van der Waals surface area contributed by atoms with Gasteiger partial charge in [-0.25, -0.2) is 0 Å². The number of benzene rings is 1. The van der Waals surface area contributed by atoms with Crippen molar-refractivity contribution in [3.05, 3.63) is 23.4 Å². The first-order valence-corrected chi connectivity index (χ1v) is 5.39. The van der Waals surface area contributed by atoms with Crippen molar-refractivity contribution >= 4 is 11.0 Å². The van der Waals surface area contributed by atoms with Gasteiger partial charge in [0.05, 0.1) is 24.5 Å². The fourth-order valence-corrected chi connectivity index (χ4v) is 1.66. The monoisotopic (exact) mass is 221 g/mol. The van der Waals surface area contributed by atoms with Crippen LogP contribution < -0.4 is 4.74 Å². The molecule has 4 nitrogen and oxygen atoms in total. The maximum Gasteiger partial charge on any atom is 0.176 e. The van der Waals surface area contributed by atoms with Crippen LogP contribution >= 0.6 is 0 Å². The zero-order chi connectivity index (χ0) is 11.5. The second kappa shape index (κ2) is 4.53. The Labute approximate surface area is 93.8 Å². The Bertz CT molecular complexity index is 490. The molecule has 2 rings (SSSR count). The van der Waals surface area contributed by atoms with Gasteiger partial charge in [-0.3, -0.25) is 0 Å². The molecule has 0 saturated heterocycles. The Balaban J connectivity index is 2.50. The first-order valence-electron chi connectivity index (χ1n) is 5.39. The van der Waals surface area contributed by atoms with Gasteiger partial charge in [-0.2, -0.15) is 0 Å². The minimum Gasteiger partial charge on any atom is -0.493 e. The Hall–Kier alpha value is -1.55. The molecule has 0 fully saturated rings. The van der Waals surface area contributed by atoms with Gasteiger partial charge >= 0.3 is 0 Å². The van der Waals surface area contributed by atoms with Crippen molar-refractivity contribution in [1.29, 1.82) is 0 Å². The molecule has 0 aliphatic rings. The van der Waals surface area contributed by atoms with Gasteiger partial charge in [0.15, 0.2) is 5.58 Å². The second-order valence-corrected chi connectivity index (χ2v) is 3.69. The number of ether oxygens (including phenoxy) is 1. The molecular formula is C12H15NO3. The zero-order valence-corrected chi connectivity index (χ0v) is 9.49. The fourth-order valence-electron chi connectivity index (χ4n) is 1.66. The van der Waals surface area contributed by atoms with Gasteiger partial charge < -0.3 is 14.4 Å². The van der Waals surface area contributed by atoms with Gasteiger partial charge in [-0.05, 0) is 25.5 Å². The molecule has 1 aromatic heterocycles. The average molecular weight is 221 g/mol. The second-order valence-electron chi connectivity index (χ2n) is 3.69. The predicted molar refractivity (Wildman–Crippen MR) is 60.5 cm³/mol. The van der Waals surface area contributed by atoms with Crippen molar-refractivity contribution in [3.8, 4) is 5.75 Å². The highest BCUT2D eigenvalue weighted by Crippen LogP contribution is 2.29. The number of hydrogen-bond donors (Lipinski definition) is 1. The topological polar surface area (TPSA) is 55.5 Å². The summed E-state index contributed by atoms with van der Waals surface area (Å²) in [7, 11) is 0. The zero-order valence-electron chi connectivity index (χ0n) is 9.49. The summed E-state index contributed by atoms with van der Waals surface area (Å²) in [4.78, 5) is 0. The Morgan fingerprint density at radius 2 is 2.25 bits per heavy atom. The molecule has 0 radical (unpaired) electrons. The maximum atomic E-state index is 9.36. The molecule has 1 heterocycles. The highest BCUT2D eigenvalue weighted by Gasteiger charge is 2.13. The van der Waals surface area contributed by atoms with Crippen LogP contribution in [0, 0.1) is 6.92 Å². The Morgan fingerprint density at radius 3 is 2.94 bits per heavy atom. The lowest BCUT2D eigenvalue weighted by Gasteiger charge is -2.08. The summed E-state index contributed by atoms with van der Waals surface area (Å²) in [6, 6.07) is 3.76. The van der Waals surface area contributed by atoms with E-state index in [0.717, 1.165) is 17.5 Å². The van der Waals surface area contributed by atoms with Crippen molar-refractivity contribution in [2.45, 2.75) is 26.9 Å². The van der Waals surface area contributed by atoms with Crippen LogP contribution in [-0.4, -0.2) is 16.9 Å². The van der Waals surface area contributed by atoms with E-state index >= 15 is 0 Å². The third-order valence-electron chi connectivity index (χ3n) is 2.50. The average Bonchev–Trinajstić information content (AvgIpc) is 2.68. The summed E-state index contributed by atoms with van der Waals surface area (Å²) in [5, 5.41) is 14.2. The van der Waals surface area contributed by atoms with E-state index in [-0.39, 0.29) is 6.61 Å². The van der Waals surface area contributed by atoms with Crippen LogP contribution in [0.5, 0.6) is 5.75 Å². The highest BCUT2D eigenvalue weighted by molar-refractivity contribution is 5.84. The number of rotatable bonds is 4. The first-order chi connectivity index (χ1) is 7.77. The third-order valence-corrected chi connectivity index (χ3v) is 2.50. The lowest BCUT2D eigenvalue weighted by Crippen LogP contribution is -1.99. The molecule has 0 saturated carbocycles. The van der Waals surface area contributed by atoms with Crippen LogP contribution in [0.1, 0.15) is 24.6 Å². The van der Waals surface area contributed by atoms with Crippen molar-refractivity contribution in [2.24, 2.45) is 0 Å². The SMILES string of the molecule is CCCOc1ccc2c(C)noc2c1CO. The van der Waals surface area contributed by atoms with E-state index in [2.05, 4.69) is 5.16 Å². The lowest BCUT2D eigenvalue weighted by atomic mass is 10.1. The minimum atomic E-state index is -0.106. The largest absolute Gasteiger partial charge is 0.493 e. The van der Waals surface area contributed by atoms with Gasteiger partial charge in [-0.15, -0.1) is 0 Å². The lowest BCUT2D eigenvalue weighted by molar-refractivity contribution is 0.261. The minimum absolute atomic E-state index is 0.106. The standard InChI is InChI=1S/C12H15NO3/c1-3-6-15-11-5-4-9-8(2)13-16-12(9)10(11)7-14/h4-5,14H,3,6-7H2,1-2H3. The van der Waals surface area contributed by atoms with Crippen LogP contribution in [0.4, 0.5) is 0 Å². The Kier molecular flexibility index (Phi) is 3.10. The van der Waals surface area contributed by atoms with Crippen molar-refractivity contribution in [3.63, 3.8) is 0 Å². The van der Waals surface area contributed by atoms with Gasteiger partial charge in [-0.1, -0.05) is 12.1 Å². The summed E-state index contributed by atoms with van der Waals surface area (Å²) in [5.74, 6) is 0.674. The van der Waals surface area contributed by atoms with Crippen molar-refractivity contribution < 1.29 is 14.4 Å². The van der Waals surface area contributed by atoms with Crippen LogP contribution in [-0.2, 0) is 6.61 Å². The third kappa shape index (κ3) is 1.76. The van der Waals surface area contributed by atoms with E-state index in [9.17, 15) is 5.11 Å². The summed E-state index contributed by atoms with van der Waals surface area (Å²) >= 11 is 0. The van der Waals surface area contributed by atoms with Crippen molar-refractivity contribution in [2.75, 3.05) is 6.61 Å². The maximum absolute atomic E-state index is 9.36. The highest BCUT2D eigenvalue weighted by atomic mass is 16.5. The number of fused-ring (bicyclic) bond motifs is 1. The summed E-state index contributed by atoms with van der Waals surface area (Å²) in [6.07, 6.45) is 0.929. The van der Waals surface area contributed by atoms with Crippen LogP contribution in [0.3, 0.4) is 0 Å². The molecule has 0 aliphatic carbocycles. The molecule has 0 unspecified atom stereocenters. The molecule has 0 spiro atoms. The molecule has 1 N–H and O–H groups in total. The normalized spacial score (nSPS) is 10.9. The number of aliphatic hydroxyl groups is 1. The molecular weight excluding hydrogens is 206 g/mol. The summed E-state index contributed by atoms with van der Waals surface area (Å²) in [5.41, 5.74) is 2.12. The van der Waals surface area contributed by atoms with E-state index in [1.807, 2.05) is 26.0 Å². The number of aryl methyl sites for hydroxylation is 1. The van der Waals surface area contributed by atoms with E-state index in [4.69, 9.17) is 9.26 Å². The van der Waals surface area contributed by atoms with Crippen LogP contribution in [0.25, 0.3) is 11.0 Å². The van der Waals surface area contributed by atoms with Gasteiger partial charge in [0.1, 0.15) is 5.75 Å². The van der Waals surface area contributed by atoms with E-state index in [0.29, 0.717) is 23.5 Å². The van der Waals surface area contributed by atoms with E-state index in [1.54, 1.807) is 0 Å². The van der Waals surface area contributed by atoms with Crippen LogP contribution in [0.15, 0.2) is 16.7 Å². The quantitative estimate of drug-likeness (QED) is 0.861. The van der Waals surface area contributed by atoms with Gasteiger partial charge in [0.2, 0.25) is 0 Å². The summed E-state index contributed by atoms with van der Waals surface area (Å²) < 4.78 is 10.7. The van der Waals surface area contributed by atoms with E-state index < -0.39 is 0 Å². The summed E-state index contributed by atoms with van der Waals surface area (Å²) in [6.45, 7) is 4.44. The molecule has 16 heavy (non-hydrogen) atoms. The predicted octanol–water partition coefficient (Wildman–Crippen LogP) is 2.42. The van der Waals surface area contributed by atoms with Gasteiger partial charge in [0.25, 0.3) is 0 Å². The Morgan fingerprint density at radius 1 is 1.44 bits per heavy atom. The smallest absolute Gasteiger partial charge is 0.176 e. The van der Waals surface area contributed by atoms with Crippen LogP contribution in [0.2, 0.25) is 0 Å².